The average molecular weight is 318 g/mol. The number of fused-ring (bicyclic) bond motifs is 1. The van der Waals surface area contributed by atoms with Gasteiger partial charge in [0.1, 0.15) is 5.60 Å². The Morgan fingerprint density at radius 2 is 1.96 bits per heavy atom. The number of hydrogen-bond donors (Lipinski definition) is 2. The number of carbonyl (C=O) groups is 1. The van der Waals surface area contributed by atoms with Gasteiger partial charge in [0.05, 0.1) is 0 Å². The maximum absolute atomic E-state index is 11.9. The third kappa shape index (κ3) is 4.96. The number of nitrogens with one attached hydrogen (secondary N) is 2. The zero-order valence-corrected chi connectivity index (χ0v) is 15.2. The molecule has 2 N–H and O–H groups in total. The van der Waals surface area contributed by atoms with E-state index in [-0.39, 0.29) is 0 Å². The van der Waals surface area contributed by atoms with E-state index in [0.29, 0.717) is 18.0 Å². The first-order valence-electron chi connectivity index (χ1n) is 8.54. The highest BCUT2D eigenvalue weighted by molar-refractivity contribution is 5.85. The minimum atomic E-state index is -0.483. The van der Waals surface area contributed by atoms with Crippen LogP contribution in [0.25, 0.3) is 0 Å². The van der Waals surface area contributed by atoms with E-state index in [9.17, 15) is 4.79 Å². The van der Waals surface area contributed by atoms with Crippen LogP contribution in [0.3, 0.4) is 0 Å². The van der Waals surface area contributed by atoms with E-state index in [4.69, 9.17) is 4.74 Å². The van der Waals surface area contributed by atoms with Gasteiger partial charge in [0.2, 0.25) is 0 Å². The van der Waals surface area contributed by atoms with Crippen molar-refractivity contribution in [1.82, 2.24) is 5.32 Å². The van der Waals surface area contributed by atoms with E-state index in [1.807, 2.05) is 26.8 Å². The number of rotatable bonds is 4. The molecule has 0 spiro atoms. The Balaban J connectivity index is 2.02. The van der Waals surface area contributed by atoms with E-state index in [1.165, 1.54) is 11.1 Å². The fraction of sp³-hybridized carbons (Fsp3) is 0.632. The lowest BCUT2D eigenvalue weighted by Gasteiger charge is -2.23. The molecule has 4 heteroatoms. The lowest BCUT2D eigenvalue weighted by Crippen LogP contribution is -2.33. The molecular formula is C19H30N2O2. The van der Waals surface area contributed by atoms with Gasteiger partial charge in [-0.1, -0.05) is 19.9 Å². The molecule has 128 valence electrons. The van der Waals surface area contributed by atoms with Crippen LogP contribution in [0.1, 0.15) is 65.1 Å². The number of amides is 1. The summed E-state index contributed by atoms with van der Waals surface area (Å²) in [4.78, 5) is 11.9. The summed E-state index contributed by atoms with van der Waals surface area (Å²) in [6.07, 6.45) is 1.75. The van der Waals surface area contributed by atoms with Gasteiger partial charge in [-0.25, -0.2) is 4.79 Å². The number of anilines is 1. The molecule has 2 rings (SSSR count). The first-order chi connectivity index (χ1) is 10.7. The Labute approximate surface area is 140 Å². The van der Waals surface area contributed by atoms with Crippen LogP contribution < -0.4 is 10.6 Å². The Morgan fingerprint density at radius 3 is 2.57 bits per heavy atom. The van der Waals surface area contributed by atoms with Crippen LogP contribution in [0.15, 0.2) is 18.2 Å². The van der Waals surface area contributed by atoms with Gasteiger partial charge in [-0.2, -0.15) is 0 Å². The second-order valence-corrected chi connectivity index (χ2v) is 7.83. The Kier molecular flexibility index (Phi) is 5.35. The molecule has 2 atom stereocenters. The fourth-order valence-electron chi connectivity index (χ4n) is 2.80. The minimum Gasteiger partial charge on any atom is -0.444 e. The molecule has 1 aromatic carbocycles. The molecule has 4 nitrogen and oxygen atoms in total. The van der Waals surface area contributed by atoms with E-state index in [0.717, 1.165) is 18.5 Å². The molecule has 0 aliphatic heterocycles. The van der Waals surface area contributed by atoms with Crippen molar-refractivity contribution in [3.05, 3.63) is 29.3 Å². The molecule has 1 aliphatic rings. The van der Waals surface area contributed by atoms with Gasteiger partial charge in [0.15, 0.2) is 0 Å². The highest BCUT2D eigenvalue weighted by atomic mass is 16.6. The van der Waals surface area contributed by atoms with Crippen molar-refractivity contribution in [2.24, 2.45) is 5.92 Å². The highest BCUT2D eigenvalue weighted by Gasteiger charge is 2.25. The topological polar surface area (TPSA) is 50.4 Å². The second kappa shape index (κ2) is 6.91. The number of ether oxygens (including phenoxy) is 1. The van der Waals surface area contributed by atoms with Crippen molar-refractivity contribution in [3.8, 4) is 0 Å². The second-order valence-electron chi connectivity index (χ2n) is 7.83. The summed E-state index contributed by atoms with van der Waals surface area (Å²) >= 11 is 0. The maximum atomic E-state index is 11.9. The van der Waals surface area contributed by atoms with Crippen molar-refractivity contribution < 1.29 is 9.53 Å². The van der Waals surface area contributed by atoms with Crippen LogP contribution in [0.4, 0.5) is 10.5 Å². The zero-order chi connectivity index (χ0) is 17.2. The van der Waals surface area contributed by atoms with E-state index < -0.39 is 11.7 Å². The van der Waals surface area contributed by atoms with Crippen molar-refractivity contribution in [2.45, 2.75) is 72.1 Å². The van der Waals surface area contributed by atoms with Gasteiger partial charge in [0.25, 0.3) is 0 Å². The van der Waals surface area contributed by atoms with Crippen LogP contribution in [0, 0.1) is 5.92 Å². The molecule has 0 heterocycles. The first-order valence-corrected chi connectivity index (χ1v) is 8.54. The minimum absolute atomic E-state index is 0.404. The largest absolute Gasteiger partial charge is 0.444 e. The number of aryl methyl sites for hydroxylation is 1. The highest BCUT2D eigenvalue weighted by Crippen LogP contribution is 2.33. The van der Waals surface area contributed by atoms with Crippen molar-refractivity contribution in [1.29, 1.82) is 0 Å². The van der Waals surface area contributed by atoms with E-state index >= 15 is 0 Å². The first kappa shape index (κ1) is 17.8. The molecule has 1 amide bonds. The van der Waals surface area contributed by atoms with Crippen molar-refractivity contribution in [2.75, 3.05) is 5.32 Å². The van der Waals surface area contributed by atoms with E-state index in [1.54, 1.807) is 0 Å². The predicted octanol–water partition coefficient (Wildman–Crippen LogP) is 4.66. The van der Waals surface area contributed by atoms with Crippen LogP contribution in [0.2, 0.25) is 0 Å². The van der Waals surface area contributed by atoms with Gasteiger partial charge in [-0.3, -0.25) is 5.32 Å². The number of hydrogen-bond acceptors (Lipinski definition) is 3. The summed E-state index contributed by atoms with van der Waals surface area (Å²) in [7, 11) is 0. The SMILES string of the molecule is CC(C)C(C)NC1CCc2cc(NC(=O)OC(C)(C)C)ccc21. The summed E-state index contributed by atoms with van der Waals surface area (Å²) in [5, 5.41) is 6.53. The van der Waals surface area contributed by atoms with Crippen LogP contribution in [-0.4, -0.2) is 17.7 Å². The predicted molar refractivity (Wildman–Crippen MR) is 94.8 cm³/mol. The van der Waals surface area contributed by atoms with Crippen molar-refractivity contribution >= 4 is 11.8 Å². The summed E-state index contributed by atoms with van der Waals surface area (Å²) in [6, 6.07) is 7.06. The summed E-state index contributed by atoms with van der Waals surface area (Å²) in [5.74, 6) is 0.618. The molecule has 0 saturated heterocycles. The molecule has 1 aliphatic carbocycles. The molecule has 1 aromatic rings. The van der Waals surface area contributed by atoms with Crippen LogP contribution in [0.5, 0.6) is 0 Å². The molecule has 2 unspecified atom stereocenters. The normalized spacial score (nSPS) is 18.7. The standard InChI is InChI=1S/C19H30N2O2/c1-12(2)13(3)20-17-10-7-14-11-15(8-9-16(14)17)21-18(22)23-19(4,5)6/h8-9,11-13,17,20H,7,10H2,1-6H3,(H,21,22). The van der Waals surface area contributed by atoms with Crippen LogP contribution >= 0.6 is 0 Å². The smallest absolute Gasteiger partial charge is 0.412 e. The molecule has 0 bridgehead atoms. The monoisotopic (exact) mass is 318 g/mol. The zero-order valence-electron chi connectivity index (χ0n) is 15.2. The molecular weight excluding hydrogens is 288 g/mol. The van der Waals surface area contributed by atoms with Gasteiger partial charge in [0, 0.05) is 17.8 Å². The fourth-order valence-corrected chi connectivity index (χ4v) is 2.80. The molecule has 23 heavy (non-hydrogen) atoms. The summed E-state index contributed by atoms with van der Waals surface area (Å²) in [6.45, 7) is 12.3. The average Bonchev–Trinajstić information content (AvgIpc) is 2.78. The Bertz CT molecular complexity index is 561. The van der Waals surface area contributed by atoms with Gasteiger partial charge in [-0.15, -0.1) is 0 Å². The molecule has 0 aromatic heterocycles. The van der Waals surface area contributed by atoms with Gasteiger partial charge < -0.3 is 10.1 Å². The van der Waals surface area contributed by atoms with Crippen LogP contribution in [-0.2, 0) is 11.2 Å². The molecule has 0 fully saturated rings. The summed E-state index contributed by atoms with van der Waals surface area (Å²) < 4.78 is 5.30. The molecule has 0 saturated carbocycles. The quantitative estimate of drug-likeness (QED) is 0.849. The number of carbonyl (C=O) groups excluding carboxylic acids is 1. The van der Waals surface area contributed by atoms with E-state index in [2.05, 4.69) is 43.5 Å². The molecule has 0 radical (unpaired) electrons. The van der Waals surface area contributed by atoms with Crippen molar-refractivity contribution in [3.63, 3.8) is 0 Å². The third-order valence-electron chi connectivity index (χ3n) is 4.33. The summed E-state index contributed by atoms with van der Waals surface area (Å²) in [5.41, 5.74) is 2.98. The lowest BCUT2D eigenvalue weighted by atomic mass is 10.0. The van der Waals surface area contributed by atoms with Gasteiger partial charge in [-0.05, 0) is 69.7 Å². The lowest BCUT2D eigenvalue weighted by molar-refractivity contribution is 0.0636. The third-order valence-corrected chi connectivity index (χ3v) is 4.33. The van der Waals surface area contributed by atoms with Gasteiger partial charge >= 0.3 is 6.09 Å². The Morgan fingerprint density at radius 1 is 1.26 bits per heavy atom. The maximum Gasteiger partial charge on any atom is 0.412 e. The number of benzene rings is 1. The Hall–Kier alpha value is -1.55.